The molecule has 4 nitrogen and oxygen atoms in total. The molecule has 0 atom stereocenters. The standard InChI is InChI=1S/C9H7BrN2O2/c10-8-7(3-6-14-8)9(13)11-12-4-1-2-5-12/h1-6H,(H,11,13). The fraction of sp³-hybridized carbons (Fsp3) is 0. The smallest absolute Gasteiger partial charge is 0.274 e. The molecule has 0 aliphatic rings. The number of carbonyl (C=O) groups excluding carboxylic acids is 1. The Balaban J connectivity index is 2.14. The Bertz CT molecular complexity index is 433. The summed E-state index contributed by atoms with van der Waals surface area (Å²) < 4.78 is 6.96. The second-order valence-electron chi connectivity index (χ2n) is 2.64. The Labute approximate surface area is 88.6 Å². The molecule has 1 amide bonds. The quantitative estimate of drug-likeness (QED) is 0.894. The van der Waals surface area contributed by atoms with Gasteiger partial charge in [-0.3, -0.25) is 14.9 Å². The third-order valence-electron chi connectivity index (χ3n) is 1.70. The van der Waals surface area contributed by atoms with Crippen molar-refractivity contribution in [2.75, 3.05) is 5.43 Å². The predicted molar refractivity (Wildman–Crippen MR) is 54.5 cm³/mol. The van der Waals surface area contributed by atoms with Crippen molar-refractivity contribution in [2.45, 2.75) is 0 Å². The first-order chi connectivity index (χ1) is 6.77. The first-order valence-electron chi connectivity index (χ1n) is 3.94. The summed E-state index contributed by atoms with van der Waals surface area (Å²) in [5.41, 5.74) is 3.12. The third-order valence-corrected chi connectivity index (χ3v) is 2.31. The summed E-state index contributed by atoms with van der Waals surface area (Å²) in [7, 11) is 0. The molecule has 2 aromatic rings. The molecule has 0 aromatic carbocycles. The predicted octanol–water partition coefficient (Wildman–Crippen LogP) is 2.23. The number of nitrogens with zero attached hydrogens (tertiary/aromatic N) is 1. The van der Waals surface area contributed by atoms with Gasteiger partial charge >= 0.3 is 0 Å². The SMILES string of the molecule is O=C(Nn1cccc1)c1ccoc1Br. The summed E-state index contributed by atoms with van der Waals surface area (Å²) in [6.45, 7) is 0. The van der Waals surface area contributed by atoms with Gasteiger partial charge in [-0.2, -0.15) is 0 Å². The monoisotopic (exact) mass is 254 g/mol. The van der Waals surface area contributed by atoms with Gasteiger partial charge < -0.3 is 4.42 Å². The van der Waals surface area contributed by atoms with Crippen LogP contribution in [-0.2, 0) is 0 Å². The zero-order valence-corrected chi connectivity index (χ0v) is 8.69. The highest BCUT2D eigenvalue weighted by molar-refractivity contribution is 9.10. The minimum absolute atomic E-state index is 0.221. The topological polar surface area (TPSA) is 47.2 Å². The van der Waals surface area contributed by atoms with E-state index in [1.807, 2.05) is 12.1 Å². The van der Waals surface area contributed by atoms with E-state index in [1.165, 1.54) is 6.26 Å². The van der Waals surface area contributed by atoms with E-state index < -0.39 is 0 Å². The maximum absolute atomic E-state index is 11.6. The molecule has 72 valence electrons. The normalized spacial score (nSPS) is 10.1. The Hall–Kier alpha value is -1.49. The van der Waals surface area contributed by atoms with E-state index in [-0.39, 0.29) is 5.91 Å². The van der Waals surface area contributed by atoms with Crippen molar-refractivity contribution >= 4 is 21.8 Å². The molecule has 5 heteroatoms. The number of hydrogen-bond donors (Lipinski definition) is 1. The van der Waals surface area contributed by atoms with Crippen LogP contribution in [0.5, 0.6) is 0 Å². The van der Waals surface area contributed by atoms with Gasteiger partial charge in [0.25, 0.3) is 5.91 Å². The van der Waals surface area contributed by atoms with Crippen LogP contribution in [0.3, 0.4) is 0 Å². The maximum Gasteiger partial charge on any atom is 0.274 e. The first-order valence-corrected chi connectivity index (χ1v) is 4.74. The van der Waals surface area contributed by atoms with Crippen LogP contribution in [0.1, 0.15) is 10.4 Å². The number of hydrogen-bond acceptors (Lipinski definition) is 2. The lowest BCUT2D eigenvalue weighted by Gasteiger charge is -2.03. The van der Waals surface area contributed by atoms with Crippen LogP contribution < -0.4 is 5.43 Å². The zero-order valence-electron chi connectivity index (χ0n) is 7.11. The minimum Gasteiger partial charge on any atom is -0.457 e. The molecule has 0 saturated carbocycles. The number of rotatable bonds is 2. The van der Waals surface area contributed by atoms with Crippen molar-refractivity contribution < 1.29 is 9.21 Å². The number of halogens is 1. The van der Waals surface area contributed by atoms with Crippen molar-refractivity contribution in [1.29, 1.82) is 0 Å². The Kier molecular flexibility index (Phi) is 2.41. The molecule has 1 N–H and O–H groups in total. The van der Waals surface area contributed by atoms with Crippen LogP contribution in [0.4, 0.5) is 0 Å². The molecule has 0 unspecified atom stereocenters. The van der Waals surface area contributed by atoms with Gasteiger partial charge in [-0.15, -0.1) is 0 Å². The fourth-order valence-corrected chi connectivity index (χ4v) is 1.46. The largest absolute Gasteiger partial charge is 0.457 e. The Morgan fingerprint density at radius 3 is 2.71 bits per heavy atom. The molecule has 0 bridgehead atoms. The lowest BCUT2D eigenvalue weighted by Crippen LogP contribution is -2.21. The summed E-state index contributed by atoms with van der Waals surface area (Å²) in [4.78, 5) is 11.6. The molecule has 0 radical (unpaired) electrons. The molecule has 0 saturated heterocycles. The second-order valence-corrected chi connectivity index (χ2v) is 3.36. The molecule has 2 heterocycles. The molecular weight excluding hydrogens is 248 g/mol. The van der Waals surface area contributed by atoms with Crippen LogP contribution in [0.2, 0.25) is 0 Å². The van der Waals surface area contributed by atoms with E-state index in [9.17, 15) is 4.79 Å². The molecule has 2 rings (SSSR count). The average molecular weight is 255 g/mol. The molecule has 0 spiro atoms. The van der Waals surface area contributed by atoms with Gasteiger partial charge in [0.1, 0.15) is 0 Å². The Morgan fingerprint density at radius 2 is 2.14 bits per heavy atom. The number of amides is 1. The van der Waals surface area contributed by atoms with Gasteiger partial charge in [0.2, 0.25) is 0 Å². The van der Waals surface area contributed by atoms with E-state index in [0.717, 1.165) is 0 Å². The van der Waals surface area contributed by atoms with Crippen LogP contribution in [0.15, 0.2) is 45.9 Å². The molecule has 14 heavy (non-hydrogen) atoms. The van der Waals surface area contributed by atoms with Gasteiger partial charge in [-0.25, -0.2) is 0 Å². The zero-order chi connectivity index (χ0) is 9.97. The van der Waals surface area contributed by atoms with Crippen LogP contribution >= 0.6 is 15.9 Å². The molecule has 0 aliphatic heterocycles. The molecule has 0 aliphatic carbocycles. The molecule has 2 aromatic heterocycles. The fourth-order valence-electron chi connectivity index (χ4n) is 1.04. The van der Waals surface area contributed by atoms with E-state index in [2.05, 4.69) is 21.4 Å². The summed E-state index contributed by atoms with van der Waals surface area (Å²) in [6, 6.07) is 5.25. The van der Waals surface area contributed by atoms with E-state index in [1.54, 1.807) is 23.1 Å². The third kappa shape index (κ3) is 1.72. The highest BCUT2D eigenvalue weighted by Gasteiger charge is 2.11. The second kappa shape index (κ2) is 3.71. The summed E-state index contributed by atoms with van der Waals surface area (Å²) in [6.07, 6.45) is 4.94. The van der Waals surface area contributed by atoms with Gasteiger partial charge in [0.15, 0.2) is 4.67 Å². The average Bonchev–Trinajstić information content (AvgIpc) is 2.75. The van der Waals surface area contributed by atoms with Crippen molar-refractivity contribution in [3.8, 4) is 0 Å². The van der Waals surface area contributed by atoms with Gasteiger partial charge in [0, 0.05) is 12.4 Å². The highest BCUT2D eigenvalue weighted by atomic mass is 79.9. The van der Waals surface area contributed by atoms with Gasteiger partial charge in [-0.1, -0.05) is 0 Å². The van der Waals surface area contributed by atoms with Gasteiger partial charge in [0.05, 0.1) is 11.8 Å². The van der Waals surface area contributed by atoms with Crippen LogP contribution in [0.25, 0.3) is 0 Å². The van der Waals surface area contributed by atoms with Crippen molar-refractivity contribution in [2.24, 2.45) is 0 Å². The molecular formula is C9H7BrN2O2. The lowest BCUT2D eigenvalue weighted by atomic mass is 10.3. The lowest BCUT2D eigenvalue weighted by molar-refractivity contribution is 0.101. The van der Waals surface area contributed by atoms with Gasteiger partial charge in [-0.05, 0) is 34.1 Å². The minimum atomic E-state index is -0.221. The number of aromatic nitrogens is 1. The number of nitrogens with one attached hydrogen (secondary N) is 1. The maximum atomic E-state index is 11.6. The van der Waals surface area contributed by atoms with E-state index >= 15 is 0 Å². The van der Waals surface area contributed by atoms with Crippen molar-refractivity contribution in [3.05, 3.63) is 47.1 Å². The first kappa shape index (κ1) is 9.08. The summed E-state index contributed by atoms with van der Waals surface area (Å²) in [5.74, 6) is -0.221. The summed E-state index contributed by atoms with van der Waals surface area (Å²) in [5, 5.41) is 0. The van der Waals surface area contributed by atoms with E-state index in [4.69, 9.17) is 4.42 Å². The van der Waals surface area contributed by atoms with E-state index in [0.29, 0.717) is 10.2 Å². The number of carbonyl (C=O) groups is 1. The Morgan fingerprint density at radius 1 is 1.43 bits per heavy atom. The number of furan rings is 1. The van der Waals surface area contributed by atoms with Crippen LogP contribution in [0, 0.1) is 0 Å². The molecule has 0 fully saturated rings. The van der Waals surface area contributed by atoms with Crippen molar-refractivity contribution in [1.82, 2.24) is 4.68 Å². The van der Waals surface area contributed by atoms with Crippen LogP contribution in [-0.4, -0.2) is 10.6 Å². The highest BCUT2D eigenvalue weighted by Crippen LogP contribution is 2.17. The summed E-state index contributed by atoms with van der Waals surface area (Å²) >= 11 is 3.13. The van der Waals surface area contributed by atoms with Crippen molar-refractivity contribution in [3.63, 3.8) is 0 Å².